The van der Waals surface area contributed by atoms with Crippen LogP contribution >= 0.6 is 0 Å². The average molecular weight is 341 g/mol. The predicted octanol–water partition coefficient (Wildman–Crippen LogP) is -5.43. The highest BCUT2D eigenvalue weighted by Crippen LogP contribution is 2.27. The van der Waals surface area contributed by atoms with Gasteiger partial charge in [0.05, 0.1) is 6.61 Å². The Kier molecular flexibility index (Phi) is 6.27. The van der Waals surface area contributed by atoms with Gasteiger partial charge in [0.2, 0.25) is 0 Å². The first-order chi connectivity index (χ1) is 10.8. The van der Waals surface area contributed by atoms with Crippen LogP contribution in [0.1, 0.15) is 0 Å². The summed E-state index contributed by atoms with van der Waals surface area (Å²) in [6, 6.07) is 0. The Morgan fingerprint density at radius 2 is 1.13 bits per heavy atom. The van der Waals surface area contributed by atoms with Gasteiger partial charge in [0.25, 0.3) is 0 Å². The first kappa shape index (κ1) is 18.9. The van der Waals surface area contributed by atoms with Gasteiger partial charge in [0.15, 0.2) is 12.6 Å². The maximum atomic E-state index is 9.88. The molecule has 0 aromatic rings. The molecule has 0 aliphatic carbocycles. The summed E-state index contributed by atoms with van der Waals surface area (Å²) in [5, 5.41) is 67.6. The van der Waals surface area contributed by atoms with Gasteiger partial charge in [0.1, 0.15) is 48.8 Å². The van der Waals surface area contributed by atoms with Gasteiger partial charge >= 0.3 is 0 Å². The number of nitrogens with two attached hydrogens (primary N) is 1. The first-order valence-electron chi connectivity index (χ1n) is 7.17. The number of aliphatic hydroxyl groups excluding tert-OH is 7. The van der Waals surface area contributed by atoms with Gasteiger partial charge in [-0.15, -0.1) is 0 Å². The molecule has 9 N–H and O–H groups in total. The second kappa shape index (κ2) is 7.63. The van der Waals surface area contributed by atoms with E-state index in [-0.39, 0.29) is 6.54 Å². The zero-order valence-electron chi connectivity index (χ0n) is 12.1. The molecule has 0 amide bonds. The molecule has 0 bridgehead atoms. The van der Waals surface area contributed by atoms with Crippen LogP contribution in [-0.4, -0.2) is 110 Å². The number of ether oxygens (including phenoxy) is 3. The lowest BCUT2D eigenvalue weighted by Gasteiger charge is -2.44. The highest BCUT2D eigenvalue weighted by Gasteiger charge is 2.49. The van der Waals surface area contributed by atoms with Crippen LogP contribution in [-0.2, 0) is 14.2 Å². The molecule has 136 valence electrons. The van der Waals surface area contributed by atoms with Gasteiger partial charge in [-0.1, -0.05) is 0 Å². The van der Waals surface area contributed by atoms with Crippen LogP contribution in [0.4, 0.5) is 0 Å². The van der Waals surface area contributed by atoms with Crippen molar-refractivity contribution in [1.82, 2.24) is 0 Å². The van der Waals surface area contributed by atoms with Gasteiger partial charge in [0, 0.05) is 6.54 Å². The third-order valence-electron chi connectivity index (χ3n) is 4.02. The van der Waals surface area contributed by atoms with Crippen molar-refractivity contribution < 1.29 is 50.0 Å². The van der Waals surface area contributed by atoms with E-state index in [1.54, 1.807) is 0 Å². The lowest BCUT2D eigenvalue weighted by atomic mass is 9.98. The Bertz CT molecular complexity index is 349. The van der Waals surface area contributed by atoms with Crippen molar-refractivity contribution in [2.75, 3.05) is 13.2 Å². The topological polar surface area (TPSA) is 195 Å². The molecule has 2 fully saturated rings. The third-order valence-corrected chi connectivity index (χ3v) is 4.02. The normalized spacial score (nSPS) is 51.7. The Labute approximate surface area is 131 Å². The molecule has 11 heteroatoms. The monoisotopic (exact) mass is 341 g/mol. The van der Waals surface area contributed by atoms with E-state index in [2.05, 4.69) is 0 Å². The minimum absolute atomic E-state index is 0.167. The Morgan fingerprint density at radius 3 is 1.57 bits per heavy atom. The maximum absolute atomic E-state index is 9.88. The number of aliphatic hydroxyl groups is 7. The van der Waals surface area contributed by atoms with Gasteiger partial charge in [-0.2, -0.15) is 0 Å². The summed E-state index contributed by atoms with van der Waals surface area (Å²) < 4.78 is 15.5. The molecule has 2 aliphatic heterocycles. The minimum atomic E-state index is -1.69. The van der Waals surface area contributed by atoms with Gasteiger partial charge in [-0.25, -0.2) is 0 Å². The number of hydrogen-bond donors (Lipinski definition) is 8. The molecule has 2 aliphatic rings. The van der Waals surface area contributed by atoms with Crippen molar-refractivity contribution in [1.29, 1.82) is 0 Å². The average Bonchev–Trinajstić information content (AvgIpc) is 2.55. The molecule has 0 unspecified atom stereocenters. The Balaban J connectivity index is 2.07. The fourth-order valence-electron chi connectivity index (χ4n) is 2.54. The number of hydrogen-bond acceptors (Lipinski definition) is 11. The zero-order chi connectivity index (χ0) is 17.3. The second-order valence-electron chi connectivity index (χ2n) is 5.58. The molecule has 23 heavy (non-hydrogen) atoms. The van der Waals surface area contributed by atoms with Crippen LogP contribution in [0.3, 0.4) is 0 Å². The number of rotatable bonds is 4. The van der Waals surface area contributed by atoms with E-state index in [1.807, 2.05) is 0 Å². The van der Waals surface area contributed by atoms with Crippen LogP contribution in [0.15, 0.2) is 0 Å². The van der Waals surface area contributed by atoms with Crippen LogP contribution in [0.2, 0.25) is 0 Å². The van der Waals surface area contributed by atoms with E-state index in [0.717, 1.165) is 0 Å². The molecule has 11 nitrogen and oxygen atoms in total. The van der Waals surface area contributed by atoms with Crippen molar-refractivity contribution in [3.05, 3.63) is 0 Å². The van der Waals surface area contributed by atoms with Crippen LogP contribution < -0.4 is 5.73 Å². The van der Waals surface area contributed by atoms with E-state index >= 15 is 0 Å². The van der Waals surface area contributed by atoms with Gasteiger partial charge < -0.3 is 55.7 Å². The second-order valence-corrected chi connectivity index (χ2v) is 5.58. The molecule has 10 atom stereocenters. The Hall–Kier alpha value is -0.440. The summed E-state index contributed by atoms with van der Waals surface area (Å²) in [4.78, 5) is 0. The standard InChI is InChI=1S/C12H23NO10/c13-1-3-5(15)7(17)9(19)11(21-3)23-12-10(20)8(18)6(16)4(2-14)22-12/h3-12,14-20H,1-2,13H2/t3-,4-,5-,6+,7+,8-,9-,10+,11-,12+/m1/s1. The molecular weight excluding hydrogens is 318 g/mol. The van der Waals surface area contributed by atoms with E-state index in [9.17, 15) is 30.6 Å². The molecule has 0 spiro atoms. The molecule has 2 heterocycles. The summed E-state index contributed by atoms with van der Waals surface area (Å²) >= 11 is 0. The van der Waals surface area contributed by atoms with Crippen molar-refractivity contribution in [2.24, 2.45) is 5.73 Å². The highest BCUT2D eigenvalue weighted by atomic mass is 16.8. The van der Waals surface area contributed by atoms with Crippen molar-refractivity contribution >= 4 is 0 Å². The Morgan fingerprint density at radius 1 is 0.696 bits per heavy atom. The summed E-state index contributed by atoms with van der Waals surface area (Å²) in [6.45, 7) is -0.814. The highest BCUT2D eigenvalue weighted by molar-refractivity contribution is 4.92. The van der Waals surface area contributed by atoms with E-state index < -0.39 is 68.0 Å². The zero-order valence-corrected chi connectivity index (χ0v) is 12.1. The quantitative estimate of drug-likeness (QED) is 0.243. The summed E-state index contributed by atoms with van der Waals surface area (Å²) in [7, 11) is 0. The van der Waals surface area contributed by atoms with E-state index in [0.29, 0.717) is 0 Å². The lowest BCUT2D eigenvalue weighted by molar-refractivity contribution is -0.374. The first-order valence-corrected chi connectivity index (χ1v) is 7.17. The van der Waals surface area contributed by atoms with Crippen LogP contribution in [0, 0.1) is 0 Å². The smallest absolute Gasteiger partial charge is 0.189 e. The van der Waals surface area contributed by atoms with E-state index in [4.69, 9.17) is 25.1 Å². The molecule has 0 aromatic heterocycles. The maximum Gasteiger partial charge on any atom is 0.189 e. The van der Waals surface area contributed by atoms with Crippen molar-refractivity contribution in [3.63, 3.8) is 0 Å². The van der Waals surface area contributed by atoms with Crippen molar-refractivity contribution in [2.45, 2.75) is 61.4 Å². The van der Waals surface area contributed by atoms with Gasteiger partial charge in [-0.05, 0) is 0 Å². The molecule has 2 rings (SSSR count). The SMILES string of the molecule is NC[C@H]1O[C@H](O[C@@H]2O[C@H](CO)[C@H](O)[C@@H](O)[C@@H]2O)[C@H](O)[C@@H](O)[C@@H]1O. The fourth-order valence-corrected chi connectivity index (χ4v) is 2.54. The molecular formula is C12H23NO10. The molecule has 0 radical (unpaired) electrons. The summed E-state index contributed by atoms with van der Waals surface area (Å²) in [6.07, 6.45) is -14.9. The third kappa shape index (κ3) is 3.65. The lowest BCUT2D eigenvalue weighted by Crippen LogP contribution is -2.64. The summed E-state index contributed by atoms with van der Waals surface area (Å²) in [5.41, 5.74) is 5.39. The predicted molar refractivity (Wildman–Crippen MR) is 70.6 cm³/mol. The fraction of sp³-hybridized carbons (Fsp3) is 1.00. The largest absolute Gasteiger partial charge is 0.394 e. The molecule has 0 saturated carbocycles. The molecule has 0 aromatic carbocycles. The summed E-state index contributed by atoms with van der Waals surface area (Å²) in [5.74, 6) is 0. The molecule has 2 saturated heterocycles. The van der Waals surface area contributed by atoms with Crippen LogP contribution in [0.5, 0.6) is 0 Å². The van der Waals surface area contributed by atoms with Crippen LogP contribution in [0.25, 0.3) is 0 Å². The van der Waals surface area contributed by atoms with Crippen molar-refractivity contribution in [3.8, 4) is 0 Å². The minimum Gasteiger partial charge on any atom is -0.394 e. The van der Waals surface area contributed by atoms with Gasteiger partial charge in [-0.3, -0.25) is 0 Å². The van der Waals surface area contributed by atoms with E-state index in [1.165, 1.54) is 0 Å².